The van der Waals surface area contributed by atoms with Gasteiger partial charge in [0.2, 0.25) is 5.91 Å². The van der Waals surface area contributed by atoms with Gasteiger partial charge in [-0.3, -0.25) is 4.79 Å². The molecule has 1 atom stereocenters. The predicted molar refractivity (Wildman–Crippen MR) is 84.9 cm³/mol. The van der Waals surface area contributed by atoms with Crippen molar-refractivity contribution in [2.45, 2.75) is 65.5 Å². The van der Waals surface area contributed by atoms with Crippen LogP contribution >= 0.6 is 0 Å². The van der Waals surface area contributed by atoms with Gasteiger partial charge in [0.15, 0.2) is 0 Å². The minimum Gasteiger partial charge on any atom is -0.372 e. The number of rotatable bonds is 11. The Morgan fingerprint density at radius 2 is 1.52 bits per heavy atom. The monoisotopic (exact) mass is 317 g/mol. The van der Waals surface area contributed by atoms with Gasteiger partial charge in [-0.1, -0.05) is 20.8 Å². The van der Waals surface area contributed by atoms with E-state index in [1.54, 1.807) is 0 Å². The van der Waals surface area contributed by atoms with Crippen LogP contribution in [-0.4, -0.2) is 51.6 Å². The second-order valence-corrected chi connectivity index (χ2v) is 8.42. The summed E-state index contributed by atoms with van der Waals surface area (Å²) in [6.07, 6.45) is 4.30. The average Bonchev–Trinajstić information content (AvgIpc) is 2.92. The molecule has 1 saturated heterocycles. The SMILES string of the molecule is CCCO[Si](OCCC)(OCCC)C(C)N1CCCC1=O. The second kappa shape index (κ2) is 9.56. The highest BCUT2D eigenvalue weighted by molar-refractivity contribution is 6.62. The van der Waals surface area contributed by atoms with E-state index in [2.05, 4.69) is 20.8 Å². The number of hydrogen-bond acceptors (Lipinski definition) is 4. The van der Waals surface area contributed by atoms with Crippen LogP contribution < -0.4 is 0 Å². The number of carbonyl (C=O) groups is 1. The number of hydrogen-bond donors (Lipinski definition) is 0. The topological polar surface area (TPSA) is 48.0 Å². The summed E-state index contributed by atoms with van der Waals surface area (Å²) in [4.78, 5) is 14.0. The van der Waals surface area contributed by atoms with E-state index in [9.17, 15) is 4.79 Å². The van der Waals surface area contributed by atoms with E-state index >= 15 is 0 Å². The molecule has 0 spiro atoms. The molecule has 1 aliphatic rings. The van der Waals surface area contributed by atoms with E-state index in [0.29, 0.717) is 26.2 Å². The molecule has 1 unspecified atom stereocenters. The van der Waals surface area contributed by atoms with E-state index in [1.165, 1.54) is 0 Å². The maximum atomic E-state index is 12.1. The van der Waals surface area contributed by atoms with E-state index in [1.807, 2.05) is 11.8 Å². The molecule has 0 N–H and O–H groups in total. The summed E-state index contributed by atoms with van der Waals surface area (Å²) >= 11 is 0. The number of carbonyl (C=O) groups excluding carboxylic acids is 1. The molecule has 124 valence electrons. The van der Waals surface area contributed by atoms with Crippen LogP contribution in [0, 0.1) is 0 Å². The van der Waals surface area contributed by atoms with Crippen molar-refractivity contribution in [2.75, 3.05) is 26.4 Å². The standard InChI is InChI=1S/C15H31NO4Si/c1-5-11-18-21(19-12-6-2,20-13-7-3)14(4)16-10-8-9-15(16)17/h14H,5-13H2,1-4H3. The van der Waals surface area contributed by atoms with Crippen LogP contribution in [-0.2, 0) is 18.1 Å². The summed E-state index contributed by atoms with van der Waals surface area (Å²) in [6.45, 7) is 10.9. The minimum atomic E-state index is -2.86. The summed E-state index contributed by atoms with van der Waals surface area (Å²) in [5.74, 6) is 0.194. The largest absolute Gasteiger partial charge is 0.524 e. The molecule has 21 heavy (non-hydrogen) atoms. The molecule has 1 amide bonds. The number of likely N-dealkylation sites (tertiary alicyclic amines) is 1. The van der Waals surface area contributed by atoms with Gasteiger partial charge in [0.05, 0.1) is 5.67 Å². The van der Waals surface area contributed by atoms with Crippen LogP contribution in [0.3, 0.4) is 0 Å². The Balaban J connectivity index is 2.89. The molecule has 6 heteroatoms. The molecule has 1 aliphatic heterocycles. The normalized spacial score (nSPS) is 17.5. The van der Waals surface area contributed by atoms with Gasteiger partial charge in [0, 0.05) is 32.8 Å². The van der Waals surface area contributed by atoms with Crippen LogP contribution in [0.2, 0.25) is 0 Å². The second-order valence-electron chi connectivity index (χ2n) is 5.52. The van der Waals surface area contributed by atoms with E-state index < -0.39 is 8.80 Å². The molecule has 0 saturated carbocycles. The average molecular weight is 318 g/mol. The summed E-state index contributed by atoms with van der Waals surface area (Å²) in [5, 5.41) is 0. The molecule has 0 radical (unpaired) electrons. The maximum Gasteiger partial charge on any atom is 0.524 e. The molecule has 0 aliphatic carbocycles. The van der Waals surface area contributed by atoms with Crippen molar-refractivity contribution in [1.82, 2.24) is 4.90 Å². The van der Waals surface area contributed by atoms with Gasteiger partial charge in [-0.15, -0.1) is 0 Å². The van der Waals surface area contributed by atoms with Crippen molar-refractivity contribution >= 4 is 14.7 Å². The first kappa shape index (κ1) is 18.6. The molecule has 0 aromatic rings. The minimum absolute atomic E-state index is 0.0999. The van der Waals surface area contributed by atoms with Crippen molar-refractivity contribution in [1.29, 1.82) is 0 Å². The smallest absolute Gasteiger partial charge is 0.372 e. The Kier molecular flexibility index (Phi) is 8.47. The van der Waals surface area contributed by atoms with Gasteiger partial charge in [-0.25, -0.2) is 0 Å². The molecule has 1 fully saturated rings. The van der Waals surface area contributed by atoms with Crippen molar-refractivity contribution in [3.63, 3.8) is 0 Å². The lowest BCUT2D eigenvalue weighted by atomic mass is 10.4. The first-order valence-electron chi connectivity index (χ1n) is 8.32. The van der Waals surface area contributed by atoms with Gasteiger partial charge < -0.3 is 18.2 Å². The first-order chi connectivity index (χ1) is 10.1. The highest BCUT2D eigenvalue weighted by atomic mass is 28.4. The van der Waals surface area contributed by atoms with Crippen LogP contribution in [0.25, 0.3) is 0 Å². The summed E-state index contributed by atoms with van der Waals surface area (Å²) in [6, 6.07) is 0. The molecule has 1 heterocycles. The zero-order valence-corrected chi connectivity index (χ0v) is 15.0. The fourth-order valence-corrected chi connectivity index (χ4v) is 5.58. The molecule has 0 aromatic heterocycles. The van der Waals surface area contributed by atoms with Gasteiger partial charge in [0.25, 0.3) is 0 Å². The van der Waals surface area contributed by atoms with Crippen molar-refractivity contribution < 1.29 is 18.1 Å². The van der Waals surface area contributed by atoms with Crippen LogP contribution in [0.15, 0.2) is 0 Å². The van der Waals surface area contributed by atoms with Gasteiger partial charge in [-0.05, 0) is 32.6 Å². The zero-order valence-electron chi connectivity index (χ0n) is 14.0. The third kappa shape index (κ3) is 5.05. The third-order valence-corrected chi connectivity index (χ3v) is 6.77. The Morgan fingerprint density at radius 1 is 1.05 bits per heavy atom. The lowest BCUT2D eigenvalue weighted by molar-refractivity contribution is -0.129. The fourth-order valence-electron chi connectivity index (χ4n) is 2.49. The lowest BCUT2D eigenvalue weighted by Gasteiger charge is -2.38. The first-order valence-corrected chi connectivity index (χ1v) is 10.1. The highest BCUT2D eigenvalue weighted by Gasteiger charge is 2.51. The number of amides is 1. The molecule has 5 nitrogen and oxygen atoms in total. The summed E-state index contributed by atoms with van der Waals surface area (Å²) in [5.41, 5.74) is -0.0999. The van der Waals surface area contributed by atoms with Crippen molar-refractivity contribution in [3.8, 4) is 0 Å². The van der Waals surface area contributed by atoms with Crippen molar-refractivity contribution in [2.24, 2.45) is 0 Å². The maximum absolute atomic E-state index is 12.1. The van der Waals surface area contributed by atoms with Crippen LogP contribution in [0.5, 0.6) is 0 Å². The van der Waals surface area contributed by atoms with Gasteiger partial charge in [0.1, 0.15) is 0 Å². The third-order valence-electron chi connectivity index (χ3n) is 3.61. The molecular weight excluding hydrogens is 286 g/mol. The Hall–Kier alpha value is -0.433. The van der Waals surface area contributed by atoms with Gasteiger partial charge in [-0.2, -0.15) is 0 Å². The zero-order chi connectivity index (χ0) is 15.7. The summed E-state index contributed by atoms with van der Waals surface area (Å²) in [7, 11) is -2.86. The predicted octanol–water partition coefficient (Wildman–Crippen LogP) is 2.76. The van der Waals surface area contributed by atoms with Crippen LogP contribution in [0.1, 0.15) is 59.8 Å². The summed E-state index contributed by atoms with van der Waals surface area (Å²) < 4.78 is 18.3. The van der Waals surface area contributed by atoms with Crippen molar-refractivity contribution in [3.05, 3.63) is 0 Å². The van der Waals surface area contributed by atoms with E-state index in [0.717, 1.165) is 32.2 Å². The quantitative estimate of drug-likeness (QED) is 0.550. The highest BCUT2D eigenvalue weighted by Crippen LogP contribution is 2.25. The number of nitrogens with zero attached hydrogens (tertiary/aromatic N) is 1. The van der Waals surface area contributed by atoms with E-state index in [-0.39, 0.29) is 11.6 Å². The molecule has 1 rings (SSSR count). The Bertz CT molecular complexity index is 292. The molecule has 0 aromatic carbocycles. The molecular formula is C15H31NO4Si. The van der Waals surface area contributed by atoms with E-state index in [4.69, 9.17) is 13.3 Å². The fraction of sp³-hybridized carbons (Fsp3) is 0.933. The lowest BCUT2D eigenvalue weighted by Crippen LogP contribution is -2.62. The van der Waals surface area contributed by atoms with Crippen LogP contribution in [0.4, 0.5) is 0 Å². The molecule has 0 bridgehead atoms. The Morgan fingerprint density at radius 3 is 1.86 bits per heavy atom. The van der Waals surface area contributed by atoms with Gasteiger partial charge >= 0.3 is 8.80 Å². The Labute approximate surface area is 130 Å².